The number of alkyl halides is 3. The number of hydrogen-bond donors (Lipinski definition) is 1. The Kier molecular flexibility index (Phi) is 6.63. The molecule has 5 nitrogen and oxygen atoms in total. The van der Waals surface area contributed by atoms with Crippen LogP contribution in [0, 0.1) is 5.92 Å². The van der Waals surface area contributed by atoms with Gasteiger partial charge in [-0.05, 0) is 44.0 Å². The molecule has 0 spiro atoms. The van der Waals surface area contributed by atoms with Gasteiger partial charge in [0.05, 0.1) is 11.5 Å². The first-order valence-electron chi connectivity index (χ1n) is 8.59. The molecule has 1 unspecified atom stereocenters. The molecule has 144 valence electrons. The molecule has 1 heterocycles. The Morgan fingerprint density at radius 2 is 1.92 bits per heavy atom. The molecule has 0 bridgehead atoms. The molecular formula is C18H23F3N2O3. The highest BCUT2D eigenvalue weighted by Gasteiger charge is 2.36. The number of piperidine rings is 1. The van der Waals surface area contributed by atoms with Gasteiger partial charge in [0.25, 0.3) is 0 Å². The summed E-state index contributed by atoms with van der Waals surface area (Å²) in [7, 11) is 0. The SMILES string of the molecule is CCN(CC(F)(F)F)C(=O)C1CCCN(Cc2ccc(C(=O)O)cc2)C1. The minimum atomic E-state index is -4.40. The Morgan fingerprint density at radius 1 is 1.27 bits per heavy atom. The summed E-state index contributed by atoms with van der Waals surface area (Å²) in [6, 6.07) is 6.48. The molecule has 1 aliphatic rings. The predicted molar refractivity (Wildman–Crippen MR) is 89.7 cm³/mol. The quantitative estimate of drug-likeness (QED) is 0.834. The summed E-state index contributed by atoms with van der Waals surface area (Å²) in [5.41, 5.74) is 1.11. The molecule has 1 aliphatic heterocycles. The average molecular weight is 372 g/mol. The summed E-state index contributed by atoms with van der Waals surface area (Å²) in [5.74, 6) is -1.88. The second kappa shape index (κ2) is 8.53. The highest BCUT2D eigenvalue weighted by Crippen LogP contribution is 2.23. The summed E-state index contributed by atoms with van der Waals surface area (Å²) in [4.78, 5) is 26.2. The first-order chi connectivity index (χ1) is 12.2. The molecule has 0 saturated carbocycles. The van der Waals surface area contributed by atoms with Gasteiger partial charge >= 0.3 is 12.1 Å². The maximum Gasteiger partial charge on any atom is 0.406 e. The summed E-state index contributed by atoms with van der Waals surface area (Å²) in [6.45, 7) is 2.08. The van der Waals surface area contributed by atoms with Gasteiger partial charge in [-0.3, -0.25) is 9.69 Å². The molecule has 26 heavy (non-hydrogen) atoms. The van der Waals surface area contributed by atoms with Gasteiger partial charge in [-0.15, -0.1) is 0 Å². The number of nitrogens with zero attached hydrogens (tertiary/aromatic N) is 2. The monoisotopic (exact) mass is 372 g/mol. The highest BCUT2D eigenvalue weighted by atomic mass is 19.4. The number of aromatic carboxylic acids is 1. The Bertz CT molecular complexity index is 632. The van der Waals surface area contributed by atoms with Crippen LogP contribution in [0.25, 0.3) is 0 Å². The maximum absolute atomic E-state index is 12.6. The molecular weight excluding hydrogens is 349 g/mol. The number of hydrogen-bond acceptors (Lipinski definition) is 3. The maximum atomic E-state index is 12.6. The van der Waals surface area contributed by atoms with Crippen molar-refractivity contribution in [2.45, 2.75) is 32.5 Å². The van der Waals surface area contributed by atoms with Crippen LogP contribution in [0.2, 0.25) is 0 Å². The van der Waals surface area contributed by atoms with E-state index in [2.05, 4.69) is 0 Å². The molecule has 0 aromatic heterocycles. The lowest BCUT2D eigenvalue weighted by atomic mass is 9.96. The summed E-state index contributed by atoms with van der Waals surface area (Å²) in [6.07, 6.45) is -3.07. The lowest BCUT2D eigenvalue weighted by Gasteiger charge is -2.35. The third-order valence-corrected chi connectivity index (χ3v) is 4.53. The normalized spacial score (nSPS) is 18.5. The van der Waals surface area contributed by atoms with E-state index in [4.69, 9.17) is 5.11 Å². The fourth-order valence-corrected chi connectivity index (χ4v) is 3.23. The van der Waals surface area contributed by atoms with Gasteiger partial charge in [-0.25, -0.2) is 4.79 Å². The zero-order valence-corrected chi connectivity index (χ0v) is 14.6. The van der Waals surface area contributed by atoms with Crippen molar-refractivity contribution in [2.75, 3.05) is 26.2 Å². The number of carboxylic acid groups (broad SMARTS) is 1. The van der Waals surface area contributed by atoms with Gasteiger partial charge in [0.1, 0.15) is 6.54 Å². The number of amides is 1. The predicted octanol–water partition coefficient (Wildman–Crippen LogP) is 3.01. The lowest BCUT2D eigenvalue weighted by Crippen LogP contribution is -2.47. The van der Waals surface area contributed by atoms with Crippen molar-refractivity contribution >= 4 is 11.9 Å². The fraction of sp³-hybridized carbons (Fsp3) is 0.556. The largest absolute Gasteiger partial charge is 0.478 e. The van der Waals surface area contributed by atoms with E-state index in [-0.39, 0.29) is 12.1 Å². The molecule has 1 amide bonds. The summed E-state index contributed by atoms with van der Waals surface area (Å²) in [5, 5.41) is 8.92. The van der Waals surface area contributed by atoms with Gasteiger partial charge < -0.3 is 10.0 Å². The van der Waals surface area contributed by atoms with Gasteiger partial charge in [0.15, 0.2) is 0 Å². The molecule has 1 aromatic rings. The van der Waals surface area contributed by atoms with Crippen molar-refractivity contribution in [3.63, 3.8) is 0 Å². The van der Waals surface area contributed by atoms with Gasteiger partial charge in [0, 0.05) is 19.6 Å². The standard InChI is InChI=1S/C18H23F3N2O3/c1-2-23(12-18(19,20)21)16(24)15-4-3-9-22(11-15)10-13-5-7-14(8-6-13)17(25)26/h5-8,15H,2-4,9-12H2,1H3,(H,25,26). The van der Waals surface area contributed by atoms with Crippen molar-refractivity contribution in [2.24, 2.45) is 5.92 Å². The van der Waals surface area contributed by atoms with E-state index in [1.165, 1.54) is 12.1 Å². The number of likely N-dealkylation sites (tertiary alicyclic amines) is 1. The van der Waals surface area contributed by atoms with Crippen LogP contribution in [0.3, 0.4) is 0 Å². The topological polar surface area (TPSA) is 60.9 Å². The van der Waals surface area contributed by atoms with Crippen molar-refractivity contribution in [1.82, 2.24) is 9.80 Å². The number of benzene rings is 1. The number of carboxylic acids is 1. The van der Waals surface area contributed by atoms with Gasteiger partial charge in [-0.2, -0.15) is 13.2 Å². The first kappa shape index (κ1) is 20.2. The van der Waals surface area contributed by atoms with Gasteiger partial charge in [0.2, 0.25) is 5.91 Å². The number of halogens is 3. The fourth-order valence-electron chi connectivity index (χ4n) is 3.23. The van der Waals surface area contributed by atoms with E-state index in [0.717, 1.165) is 23.4 Å². The Labute approximate surface area is 150 Å². The van der Waals surface area contributed by atoms with E-state index in [9.17, 15) is 22.8 Å². The highest BCUT2D eigenvalue weighted by molar-refractivity contribution is 5.87. The third kappa shape index (κ3) is 5.72. The zero-order valence-electron chi connectivity index (χ0n) is 14.6. The molecule has 0 radical (unpaired) electrons. The van der Waals surface area contributed by atoms with Crippen LogP contribution in [0.15, 0.2) is 24.3 Å². The van der Waals surface area contributed by atoms with Crippen LogP contribution >= 0.6 is 0 Å². The number of carbonyl (C=O) groups excluding carboxylic acids is 1. The van der Waals surface area contributed by atoms with Crippen LogP contribution in [-0.4, -0.2) is 59.1 Å². The van der Waals surface area contributed by atoms with Crippen molar-refractivity contribution < 1.29 is 27.9 Å². The Hall–Kier alpha value is -2.09. The smallest absolute Gasteiger partial charge is 0.406 e. The minimum Gasteiger partial charge on any atom is -0.478 e. The van der Waals surface area contributed by atoms with Crippen molar-refractivity contribution in [1.29, 1.82) is 0 Å². The Morgan fingerprint density at radius 3 is 2.46 bits per heavy atom. The summed E-state index contributed by atoms with van der Waals surface area (Å²) >= 11 is 0. The van der Waals surface area contributed by atoms with E-state index in [1.807, 2.05) is 4.90 Å². The van der Waals surface area contributed by atoms with Crippen molar-refractivity contribution in [3.05, 3.63) is 35.4 Å². The average Bonchev–Trinajstić information content (AvgIpc) is 2.59. The first-order valence-corrected chi connectivity index (χ1v) is 8.59. The van der Waals surface area contributed by atoms with E-state index in [0.29, 0.717) is 19.5 Å². The summed E-state index contributed by atoms with van der Waals surface area (Å²) < 4.78 is 37.9. The van der Waals surface area contributed by atoms with Crippen LogP contribution in [0.1, 0.15) is 35.7 Å². The molecule has 1 aromatic carbocycles. The molecule has 1 N–H and O–H groups in total. The molecule has 1 fully saturated rings. The van der Waals surface area contributed by atoms with Crippen LogP contribution in [0.4, 0.5) is 13.2 Å². The van der Waals surface area contributed by atoms with Crippen LogP contribution in [-0.2, 0) is 11.3 Å². The minimum absolute atomic E-state index is 0.0332. The molecule has 2 rings (SSSR count). The van der Waals surface area contributed by atoms with Crippen LogP contribution in [0.5, 0.6) is 0 Å². The Balaban J connectivity index is 1.97. The number of rotatable bonds is 6. The molecule has 0 aliphatic carbocycles. The molecule has 1 saturated heterocycles. The third-order valence-electron chi connectivity index (χ3n) is 4.53. The van der Waals surface area contributed by atoms with E-state index in [1.54, 1.807) is 19.1 Å². The lowest BCUT2D eigenvalue weighted by molar-refractivity contribution is -0.164. The molecule has 1 atom stereocenters. The van der Waals surface area contributed by atoms with E-state index < -0.39 is 30.5 Å². The van der Waals surface area contributed by atoms with Gasteiger partial charge in [-0.1, -0.05) is 12.1 Å². The second-order valence-electron chi connectivity index (χ2n) is 6.54. The second-order valence-corrected chi connectivity index (χ2v) is 6.54. The van der Waals surface area contributed by atoms with E-state index >= 15 is 0 Å². The van der Waals surface area contributed by atoms with Crippen molar-refractivity contribution in [3.8, 4) is 0 Å². The van der Waals surface area contributed by atoms with Crippen LogP contribution < -0.4 is 0 Å². The zero-order chi connectivity index (χ0) is 19.3. The number of carbonyl (C=O) groups is 2. The molecule has 8 heteroatoms.